The molecule has 1 saturated carbocycles. The fraction of sp³-hybridized carbons (Fsp3) is 0.688. The number of alkyl halides is 6. The molecular formula is C32H40F6N8OS. The second-order valence-electron chi connectivity index (χ2n) is 13.5. The maximum atomic E-state index is 12.9. The van der Waals surface area contributed by atoms with Crippen LogP contribution >= 0.6 is 11.3 Å². The molecule has 48 heavy (non-hydrogen) atoms. The number of fused-ring (bicyclic) bond motifs is 2. The number of allylic oxidation sites excluding steroid dienone is 1. The van der Waals surface area contributed by atoms with Gasteiger partial charge in [-0.1, -0.05) is 6.92 Å². The zero-order chi connectivity index (χ0) is 34.2. The molecule has 2 aromatic heterocycles. The largest absolute Gasteiger partial charge is 0.471 e. The fourth-order valence-electron chi connectivity index (χ4n) is 7.93. The molecule has 0 radical (unpaired) electrons. The zero-order valence-electron chi connectivity index (χ0n) is 26.7. The molecule has 3 fully saturated rings. The lowest BCUT2D eigenvalue weighted by Gasteiger charge is -2.44. The van der Waals surface area contributed by atoms with E-state index in [0.29, 0.717) is 59.7 Å². The van der Waals surface area contributed by atoms with Crippen LogP contribution in [0.1, 0.15) is 37.5 Å². The fourth-order valence-corrected chi connectivity index (χ4v) is 8.95. The number of amides is 1. The van der Waals surface area contributed by atoms with Gasteiger partial charge in [-0.3, -0.25) is 9.69 Å². The normalized spacial score (nSPS) is 26.4. The number of piperidine rings is 1. The molecule has 2 aromatic rings. The number of likely N-dealkylation sites (tertiary alicyclic amines) is 1. The van der Waals surface area contributed by atoms with Gasteiger partial charge in [0.15, 0.2) is 0 Å². The van der Waals surface area contributed by atoms with Gasteiger partial charge in [-0.05, 0) is 49.7 Å². The second kappa shape index (κ2) is 14.0. The lowest BCUT2D eigenvalue weighted by molar-refractivity contribution is -0.187. The highest BCUT2D eigenvalue weighted by atomic mass is 32.1. The van der Waals surface area contributed by atoms with Crippen LogP contribution in [-0.4, -0.2) is 119 Å². The Morgan fingerprint density at radius 1 is 1.00 bits per heavy atom. The van der Waals surface area contributed by atoms with Gasteiger partial charge >= 0.3 is 18.3 Å². The molecule has 3 aliphatic heterocycles. The maximum absolute atomic E-state index is 12.9. The minimum atomic E-state index is -4.85. The van der Waals surface area contributed by atoms with E-state index in [0.717, 1.165) is 61.6 Å². The number of piperazine rings is 1. The first kappa shape index (κ1) is 34.7. The van der Waals surface area contributed by atoms with Crippen molar-refractivity contribution in [3.05, 3.63) is 29.0 Å². The van der Waals surface area contributed by atoms with Crippen molar-refractivity contribution in [1.82, 2.24) is 29.6 Å². The Morgan fingerprint density at radius 3 is 2.40 bits per heavy atom. The zero-order valence-corrected chi connectivity index (χ0v) is 27.5. The molecule has 0 spiro atoms. The van der Waals surface area contributed by atoms with E-state index in [1.165, 1.54) is 6.33 Å². The van der Waals surface area contributed by atoms with Crippen molar-refractivity contribution < 1.29 is 31.1 Å². The van der Waals surface area contributed by atoms with E-state index in [-0.39, 0.29) is 36.0 Å². The Kier molecular flexibility index (Phi) is 10.1. The minimum Gasteiger partial charge on any atom is -0.367 e. The number of carbonyl (C=O) groups is 1. The summed E-state index contributed by atoms with van der Waals surface area (Å²) in [6.45, 7) is 7.13. The van der Waals surface area contributed by atoms with Gasteiger partial charge in [-0.25, -0.2) is 9.97 Å². The quantitative estimate of drug-likeness (QED) is 0.380. The first-order valence-corrected chi connectivity index (χ1v) is 17.4. The average Bonchev–Trinajstić information content (AvgIpc) is 3.62. The van der Waals surface area contributed by atoms with Gasteiger partial charge in [0.2, 0.25) is 0 Å². The van der Waals surface area contributed by atoms with Crippen molar-refractivity contribution in [2.75, 3.05) is 64.2 Å². The van der Waals surface area contributed by atoms with Crippen LogP contribution in [0.5, 0.6) is 0 Å². The van der Waals surface area contributed by atoms with Gasteiger partial charge in [0.1, 0.15) is 28.7 Å². The summed E-state index contributed by atoms with van der Waals surface area (Å²) in [5.74, 6) is -0.0853. The first-order chi connectivity index (χ1) is 22.8. The van der Waals surface area contributed by atoms with Crippen LogP contribution in [-0.2, 0) is 11.2 Å². The summed E-state index contributed by atoms with van der Waals surface area (Å²) in [5.41, 5.74) is 0.672. The van der Waals surface area contributed by atoms with E-state index >= 15 is 0 Å². The van der Waals surface area contributed by atoms with Crippen LogP contribution in [0, 0.1) is 29.1 Å². The number of nitrogens with one attached hydrogen (secondary N) is 1. The molecule has 2 saturated heterocycles. The van der Waals surface area contributed by atoms with E-state index in [9.17, 15) is 36.4 Å². The molecule has 262 valence electrons. The van der Waals surface area contributed by atoms with Crippen molar-refractivity contribution >= 4 is 33.3 Å². The highest BCUT2D eigenvalue weighted by Crippen LogP contribution is 2.44. The third kappa shape index (κ3) is 7.83. The van der Waals surface area contributed by atoms with Crippen LogP contribution in [0.4, 0.5) is 32.2 Å². The van der Waals surface area contributed by atoms with Crippen molar-refractivity contribution in [3.8, 4) is 6.07 Å². The molecule has 5 heterocycles. The van der Waals surface area contributed by atoms with Gasteiger partial charge in [0.25, 0.3) is 0 Å². The standard InChI is InChI=1S/C32H40F6N8OS/c1-20-21(18-44-6-4-22(5-7-44)42-28-26-15-24(16-31(33,34)35)48-29(26)41-19-40-28)2-3-27-25(20)14-23(17-39)46(27)13-10-43-8-11-45(12-9-43)30(47)32(36,37)38/h14-15,19-22,25,27H,2-13,16,18H2,1H3,(H,40,41,42). The molecule has 1 amide bonds. The number of aromatic nitrogens is 2. The van der Waals surface area contributed by atoms with Gasteiger partial charge < -0.3 is 20.0 Å². The summed E-state index contributed by atoms with van der Waals surface area (Å²) in [6.07, 6.45) is -2.80. The Labute approximate surface area is 279 Å². The lowest BCUT2D eigenvalue weighted by Crippen LogP contribution is -2.53. The number of carbonyl (C=O) groups excluding carboxylic acids is 1. The average molecular weight is 699 g/mol. The molecule has 0 aromatic carbocycles. The predicted octanol–water partition coefficient (Wildman–Crippen LogP) is 5.13. The van der Waals surface area contributed by atoms with E-state index in [2.05, 4.69) is 49.1 Å². The van der Waals surface area contributed by atoms with Gasteiger partial charge in [0.05, 0.1) is 11.8 Å². The van der Waals surface area contributed by atoms with Crippen molar-refractivity contribution in [1.29, 1.82) is 5.26 Å². The summed E-state index contributed by atoms with van der Waals surface area (Å²) in [6, 6.07) is 4.31. The minimum absolute atomic E-state index is 0.0443. The molecule has 6 rings (SSSR count). The molecule has 0 bridgehead atoms. The van der Waals surface area contributed by atoms with Gasteiger partial charge in [-0.2, -0.15) is 31.6 Å². The molecule has 1 N–H and O–H groups in total. The number of hydrogen-bond acceptors (Lipinski definition) is 9. The number of rotatable bonds is 8. The number of nitriles is 1. The molecule has 4 aliphatic rings. The third-order valence-electron chi connectivity index (χ3n) is 10.5. The molecule has 4 atom stereocenters. The van der Waals surface area contributed by atoms with Crippen molar-refractivity contribution in [2.45, 2.75) is 63.5 Å². The van der Waals surface area contributed by atoms with E-state index in [1.54, 1.807) is 6.07 Å². The summed E-state index contributed by atoms with van der Waals surface area (Å²) >= 11 is 1.05. The molecule has 16 heteroatoms. The number of thiophene rings is 1. The number of hydrogen-bond donors (Lipinski definition) is 1. The van der Waals surface area contributed by atoms with Crippen LogP contribution < -0.4 is 5.32 Å². The summed E-state index contributed by atoms with van der Waals surface area (Å²) in [5, 5.41) is 14.0. The monoisotopic (exact) mass is 698 g/mol. The molecular weight excluding hydrogens is 658 g/mol. The number of halogens is 6. The van der Waals surface area contributed by atoms with E-state index in [4.69, 9.17) is 0 Å². The molecule has 9 nitrogen and oxygen atoms in total. The highest BCUT2D eigenvalue weighted by molar-refractivity contribution is 7.18. The van der Waals surface area contributed by atoms with Gasteiger partial charge in [0, 0.05) is 81.8 Å². The van der Waals surface area contributed by atoms with Crippen LogP contribution in [0.3, 0.4) is 0 Å². The second-order valence-corrected chi connectivity index (χ2v) is 14.6. The molecule has 4 unspecified atom stereocenters. The SMILES string of the molecule is CC1C(CN2CCC(Nc3ncnc4sc(CC(F)(F)F)cc34)CC2)CCC2C1C=C(C#N)N2CCN1CCN(C(=O)C(F)(F)F)CC1. The third-order valence-corrected chi connectivity index (χ3v) is 11.6. The van der Waals surface area contributed by atoms with E-state index in [1.807, 2.05) is 0 Å². The van der Waals surface area contributed by atoms with Crippen molar-refractivity contribution in [2.24, 2.45) is 17.8 Å². The smallest absolute Gasteiger partial charge is 0.367 e. The van der Waals surface area contributed by atoms with Gasteiger partial charge in [-0.15, -0.1) is 11.3 Å². The molecule has 1 aliphatic carbocycles. The Hall–Kier alpha value is -3.16. The van der Waals surface area contributed by atoms with Crippen LogP contribution in [0.15, 0.2) is 24.2 Å². The van der Waals surface area contributed by atoms with Crippen molar-refractivity contribution in [3.63, 3.8) is 0 Å². The Bertz CT molecular complexity index is 1520. The highest BCUT2D eigenvalue weighted by Gasteiger charge is 2.45. The lowest BCUT2D eigenvalue weighted by atomic mass is 9.70. The Balaban J connectivity index is 0.972. The summed E-state index contributed by atoms with van der Waals surface area (Å²) in [4.78, 5) is 28.5. The van der Waals surface area contributed by atoms with E-state index < -0.39 is 24.7 Å². The van der Waals surface area contributed by atoms with Crippen LogP contribution in [0.2, 0.25) is 0 Å². The Morgan fingerprint density at radius 2 is 1.73 bits per heavy atom. The summed E-state index contributed by atoms with van der Waals surface area (Å²) in [7, 11) is 0. The maximum Gasteiger partial charge on any atom is 0.471 e. The number of nitrogens with zero attached hydrogens (tertiary/aromatic N) is 7. The number of anilines is 1. The first-order valence-electron chi connectivity index (χ1n) is 16.5. The predicted molar refractivity (Wildman–Crippen MR) is 169 cm³/mol. The van der Waals surface area contributed by atoms with Crippen LogP contribution in [0.25, 0.3) is 10.2 Å². The summed E-state index contributed by atoms with van der Waals surface area (Å²) < 4.78 is 77.2. The topological polar surface area (TPSA) is 91.6 Å².